The summed E-state index contributed by atoms with van der Waals surface area (Å²) in [5, 5.41) is 13.1. The first-order valence-electron chi connectivity index (χ1n) is 7.43. The Bertz CT molecular complexity index is 352. The van der Waals surface area contributed by atoms with Gasteiger partial charge < -0.3 is 19.9 Å². The van der Waals surface area contributed by atoms with Gasteiger partial charge in [0.1, 0.15) is 6.10 Å². The molecule has 1 saturated heterocycles. The zero-order valence-electron chi connectivity index (χ0n) is 12.0. The Morgan fingerprint density at radius 3 is 2.55 bits per heavy atom. The minimum absolute atomic E-state index is 0.321. The molecule has 20 heavy (non-hydrogen) atoms. The first-order chi connectivity index (χ1) is 9.84. The second-order valence-electron chi connectivity index (χ2n) is 5.39. The molecule has 0 bridgehead atoms. The maximum absolute atomic E-state index is 9.79. The molecule has 112 valence electrons. The first kappa shape index (κ1) is 15.4. The molecule has 0 saturated carbocycles. The number of hydrogen-bond acceptors (Lipinski definition) is 4. The molecule has 1 aliphatic rings. The molecule has 1 aromatic rings. The molecule has 1 unspecified atom stereocenters. The van der Waals surface area contributed by atoms with Crippen LogP contribution >= 0.6 is 0 Å². The SMILES string of the molecule is OC(COCc1ccccc1)COCC1CCNCC1. The van der Waals surface area contributed by atoms with Gasteiger partial charge in [-0.2, -0.15) is 0 Å². The molecule has 1 atom stereocenters. The highest BCUT2D eigenvalue weighted by molar-refractivity contribution is 5.13. The van der Waals surface area contributed by atoms with Gasteiger partial charge in [0.15, 0.2) is 0 Å². The summed E-state index contributed by atoms with van der Waals surface area (Å²) in [6, 6.07) is 9.97. The maximum Gasteiger partial charge on any atom is 0.101 e. The average molecular weight is 279 g/mol. The highest BCUT2D eigenvalue weighted by Gasteiger charge is 2.13. The summed E-state index contributed by atoms with van der Waals surface area (Å²) in [5.41, 5.74) is 1.12. The fourth-order valence-corrected chi connectivity index (χ4v) is 2.35. The van der Waals surface area contributed by atoms with Gasteiger partial charge in [0, 0.05) is 6.61 Å². The van der Waals surface area contributed by atoms with Gasteiger partial charge in [-0.05, 0) is 37.4 Å². The molecule has 0 spiro atoms. The van der Waals surface area contributed by atoms with Gasteiger partial charge in [0.25, 0.3) is 0 Å². The van der Waals surface area contributed by atoms with E-state index in [0.717, 1.165) is 25.3 Å². The minimum Gasteiger partial charge on any atom is -0.388 e. The van der Waals surface area contributed by atoms with Crippen LogP contribution in [0.25, 0.3) is 0 Å². The van der Waals surface area contributed by atoms with E-state index < -0.39 is 6.10 Å². The maximum atomic E-state index is 9.79. The number of nitrogens with one attached hydrogen (secondary N) is 1. The number of piperidine rings is 1. The van der Waals surface area contributed by atoms with E-state index in [1.807, 2.05) is 30.3 Å². The molecular formula is C16H25NO3. The Morgan fingerprint density at radius 1 is 1.10 bits per heavy atom. The lowest BCUT2D eigenvalue weighted by molar-refractivity contribution is -0.0319. The molecule has 1 fully saturated rings. The molecule has 0 radical (unpaired) electrons. The molecule has 0 amide bonds. The van der Waals surface area contributed by atoms with Gasteiger partial charge in [-0.3, -0.25) is 0 Å². The highest BCUT2D eigenvalue weighted by Crippen LogP contribution is 2.11. The Labute approximate surface area is 121 Å². The van der Waals surface area contributed by atoms with Crippen LogP contribution in [0.5, 0.6) is 0 Å². The van der Waals surface area contributed by atoms with E-state index in [1.54, 1.807) is 0 Å². The van der Waals surface area contributed by atoms with Crippen LogP contribution in [0, 0.1) is 5.92 Å². The third-order valence-corrected chi connectivity index (χ3v) is 3.54. The van der Waals surface area contributed by atoms with Crippen molar-refractivity contribution in [3.05, 3.63) is 35.9 Å². The van der Waals surface area contributed by atoms with Crippen LogP contribution in [0.3, 0.4) is 0 Å². The van der Waals surface area contributed by atoms with Crippen LogP contribution in [0.1, 0.15) is 18.4 Å². The minimum atomic E-state index is -0.541. The molecule has 2 rings (SSSR count). The van der Waals surface area contributed by atoms with E-state index in [2.05, 4.69) is 5.32 Å². The van der Waals surface area contributed by atoms with Crippen LogP contribution in [-0.4, -0.2) is 44.1 Å². The fourth-order valence-electron chi connectivity index (χ4n) is 2.35. The van der Waals surface area contributed by atoms with Gasteiger partial charge >= 0.3 is 0 Å². The van der Waals surface area contributed by atoms with Crippen molar-refractivity contribution >= 4 is 0 Å². The lowest BCUT2D eigenvalue weighted by Crippen LogP contribution is -2.31. The largest absolute Gasteiger partial charge is 0.388 e. The van der Waals surface area contributed by atoms with Crippen molar-refractivity contribution in [2.75, 3.05) is 32.9 Å². The van der Waals surface area contributed by atoms with Crippen LogP contribution in [0.15, 0.2) is 30.3 Å². The summed E-state index contributed by atoms with van der Waals surface area (Å²) in [7, 11) is 0. The molecule has 1 heterocycles. The van der Waals surface area contributed by atoms with Gasteiger partial charge in [0.2, 0.25) is 0 Å². The summed E-state index contributed by atoms with van der Waals surface area (Å²) in [5.74, 6) is 0.633. The average Bonchev–Trinajstić information content (AvgIpc) is 2.49. The van der Waals surface area contributed by atoms with Crippen molar-refractivity contribution in [2.45, 2.75) is 25.6 Å². The molecule has 2 N–H and O–H groups in total. The predicted octanol–water partition coefficient (Wildman–Crippen LogP) is 1.58. The van der Waals surface area contributed by atoms with Crippen molar-refractivity contribution in [3.8, 4) is 0 Å². The van der Waals surface area contributed by atoms with Crippen LogP contribution in [0.4, 0.5) is 0 Å². The summed E-state index contributed by atoms with van der Waals surface area (Å²) < 4.78 is 11.1. The van der Waals surface area contributed by atoms with E-state index in [4.69, 9.17) is 9.47 Å². The molecule has 0 aromatic heterocycles. The molecule has 1 aromatic carbocycles. The van der Waals surface area contributed by atoms with Gasteiger partial charge in [0.05, 0.1) is 19.8 Å². The zero-order valence-corrected chi connectivity index (χ0v) is 12.0. The Kier molecular flexibility index (Phi) is 7.01. The third kappa shape index (κ3) is 6.01. The number of aliphatic hydroxyl groups is 1. The smallest absolute Gasteiger partial charge is 0.101 e. The van der Waals surface area contributed by atoms with E-state index >= 15 is 0 Å². The van der Waals surface area contributed by atoms with E-state index in [9.17, 15) is 5.11 Å². The van der Waals surface area contributed by atoms with E-state index in [1.165, 1.54) is 12.8 Å². The van der Waals surface area contributed by atoms with Crippen molar-refractivity contribution < 1.29 is 14.6 Å². The lowest BCUT2D eigenvalue weighted by atomic mass is 9.99. The van der Waals surface area contributed by atoms with Crippen molar-refractivity contribution in [1.29, 1.82) is 0 Å². The van der Waals surface area contributed by atoms with Gasteiger partial charge in [-0.1, -0.05) is 30.3 Å². The van der Waals surface area contributed by atoms with Crippen molar-refractivity contribution in [1.82, 2.24) is 5.32 Å². The lowest BCUT2D eigenvalue weighted by Gasteiger charge is -2.23. The summed E-state index contributed by atoms with van der Waals surface area (Å²) in [4.78, 5) is 0. The van der Waals surface area contributed by atoms with Crippen LogP contribution < -0.4 is 5.32 Å². The predicted molar refractivity (Wildman–Crippen MR) is 78.5 cm³/mol. The van der Waals surface area contributed by atoms with Gasteiger partial charge in [-0.25, -0.2) is 0 Å². The first-order valence-corrected chi connectivity index (χ1v) is 7.43. The normalized spacial score (nSPS) is 18.1. The quantitative estimate of drug-likeness (QED) is 0.758. The molecular weight excluding hydrogens is 254 g/mol. The van der Waals surface area contributed by atoms with Crippen LogP contribution in [-0.2, 0) is 16.1 Å². The van der Waals surface area contributed by atoms with Crippen LogP contribution in [0.2, 0.25) is 0 Å². The molecule has 0 aliphatic carbocycles. The standard InChI is InChI=1S/C16H25NO3/c18-16(12-19-10-14-4-2-1-3-5-14)13-20-11-15-6-8-17-9-7-15/h1-5,15-18H,6-13H2. The van der Waals surface area contributed by atoms with Crippen molar-refractivity contribution in [2.24, 2.45) is 5.92 Å². The summed E-state index contributed by atoms with van der Waals surface area (Å²) in [6.07, 6.45) is 1.79. The second-order valence-corrected chi connectivity index (χ2v) is 5.39. The van der Waals surface area contributed by atoms with E-state index in [-0.39, 0.29) is 0 Å². The number of benzene rings is 1. The topological polar surface area (TPSA) is 50.7 Å². The highest BCUT2D eigenvalue weighted by atomic mass is 16.5. The zero-order chi connectivity index (χ0) is 14.0. The Balaban J connectivity index is 1.50. The second kappa shape index (κ2) is 9.08. The number of rotatable bonds is 8. The monoisotopic (exact) mass is 279 g/mol. The molecule has 1 aliphatic heterocycles. The van der Waals surface area contributed by atoms with E-state index in [0.29, 0.717) is 25.7 Å². The van der Waals surface area contributed by atoms with Crippen molar-refractivity contribution in [3.63, 3.8) is 0 Å². The summed E-state index contributed by atoms with van der Waals surface area (Å²) >= 11 is 0. The number of aliphatic hydroxyl groups excluding tert-OH is 1. The third-order valence-electron chi connectivity index (χ3n) is 3.54. The molecule has 4 heteroatoms. The Morgan fingerprint density at radius 2 is 1.80 bits per heavy atom. The summed E-state index contributed by atoms with van der Waals surface area (Å²) in [6.45, 7) is 4.12. The fraction of sp³-hybridized carbons (Fsp3) is 0.625. The number of hydrogen-bond donors (Lipinski definition) is 2. The molecule has 4 nitrogen and oxygen atoms in total. The Hall–Kier alpha value is -0.940. The number of ether oxygens (including phenoxy) is 2. The van der Waals surface area contributed by atoms with Gasteiger partial charge in [-0.15, -0.1) is 0 Å².